The SMILES string of the molecule is O=C(NNC(=O)c1c(O)ccc2ccccc12)c1cccs1. The Hall–Kier alpha value is -2.86. The summed E-state index contributed by atoms with van der Waals surface area (Å²) < 4.78 is 0. The van der Waals surface area contributed by atoms with Gasteiger partial charge in [-0.05, 0) is 28.3 Å². The van der Waals surface area contributed by atoms with Crippen molar-refractivity contribution in [2.75, 3.05) is 0 Å². The molecule has 3 aromatic rings. The number of nitrogens with one attached hydrogen (secondary N) is 2. The summed E-state index contributed by atoms with van der Waals surface area (Å²) in [6.45, 7) is 0. The third-order valence-electron chi connectivity index (χ3n) is 3.17. The maximum Gasteiger partial charge on any atom is 0.279 e. The van der Waals surface area contributed by atoms with Gasteiger partial charge in [0.25, 0.3) is 11.8 Å². The first kappa shape index (κ1) is 14.1. The Bertz CT molecular complexity index is 844. The van der Waals surface area contributed by atoms with E-state index in [1.54, 1.807) is 35.7 Å². The molecule has 22 heavy (non-hydrogen) atoms. The summed E-state index contributed by atoms with van der Waals surface area (Å²) in [5, 5.41) is 13.2. The molecule has 0 atom stereocenters. The van der Waals surface area contributed by atoms with Crippen molar-refractivity contribution in [1.29, 1.82) is 0 Å². The molecule has 1 aromatic heterocycles. The molecule has 0 bridgehead atoms. The first-order chi connectivity index (χ1) is 10.7. The third-order valence-corrected chi connectivity index (χ3v) is 4.04. The number of thiophene rings is 1. The van der Waals surface area contributed by atoms with Crippen molar-refractivity contribution >= 4 is 33.9 Å². The Labute approximate surface area is 130 Å². The van der Waals surface area contributed by atoms with Gasteiger partial charge in [-0.15, -0.1) is 11.3 Å². The van der Waals surface area contributed by atoms with Gasteiger partial charge in [0.15, 0.2) is 0 Å². The van der Waals surface area contributed by atoms with Crippen LogP contribution in [0.2, 0.25) is 0 Å². The lowest BCUT2D eigenvalue weighted by Gasteiger charge is -2.10. The van der Waals surface area contributed by atoms with Gasteiger partial charge in [-0.3, -0.25) is 20.4 Å². The van der Waals surface area contributed by atoms with E-state index < -0.39 is 11.8 Å². The lowest BCUT2D eigenvalue weighted by Crippen LogP contribution is -2.41. The number of fused-ring (bicyclic) bond motifs is 1. The highest BCUT2D eigenvalue weighted by atomic mass is 32.1. The average molecular weight is 312 g/mol. The molecule has 110 valence electrons. The fourth-order valence-electron chi connectivity index (χ4n) is 2.14. The number of hydrogen-bond donors (Lipinski definition) is 3. The second-order valence-corrected chi connectivity index (χ2v) is 5.51. The number of carbonyl (C=O) groups is 2. The zero-order valence-electron chi connectivity index (χ0n) is 11.4. The summed E-state index contributed by atoms with van der Waals surface area (Å²) in [5.74, 6) is -1.11. The number of aromatic hydroxyl groups is 1. The first-order valence-electron chi connectivity index (χ1n) is 6.52. The molecule has 0 unspecified atom stereocenters. The molecule has 0 radical (unpaired) electrons. The second kappa shape index (κ2) is 5.87. The molecular formula is C16H12N2O3S. The highest BCUT2D eigenvalue weighted by molar-refractivity contribution is 7.12. The van der Waals surface area contributed by atoms with Gasteiger partial charge in [0.05, 0.1) is 10.4 Å². The van der Waals surface area contributed by atoms with Crippen molar-refractivity contribution in [3.8, 4) is 5.75 Å². The molecule has 0 aliphatic rings. The van der Waals surface area contributed by atoms with Crippen molar-refractivity contribution < 1.29 is 14.7 Å². The van der Waals surface area contributed by atoms with Gasteiger partial charge in [-0.25, -0.2) is 0 Å². The molecule has 0 spiro atoms. The number of carbonyl (C=O) groups excluding carboxylic acids is 2. The molecule has 0 aliphatic heterocycles. The molecule has 0 aliphatic carbocycles. The number of phenols is 1. The van der Waals surface area contributed by atoms with Gasteiger partial charge in [0.1, 0.15) is 5.75 Å². The predicted molar refractivity (Wildman–Crippen MR) is 84.9 cm³/mol. The van der Waals surface area contributed by atoms with Crippen LogP contribution in [0.3, 0.4) is 0 Å². The van der Waals surface area contributed by atoms with E-state index in [2.05, 4.69) is 10.9 Å². The summed E-state index contributed by atoms with van der Waals surface area (Å²) in [5.41, 5.74) is 4.79. The van der Waals surface area contributed by atoms with Crippen LogP contribution >= 0.6 is 11.3 Å². The Morgan fingerprint density at radius 3 is 2.45 bits per heavy atom. The van der Waals surface area contributed by atoms with Crippen molar-refractivity contribution in [3.05, 3.63) is 64.4 Å². The molecule has 6 heteroatoms. The second-order valence-electron chi connectivity index (χ2n) is 4.57. The van der Waals surface area contributed by atoms with Crippen LogP contribution in [0.5, 0.6) is 5.75 Å². The van der Waals surface area contributed by atoms with Crippen LogP contribution in [0.15, 0.2) is 53.9 Å². The van der Waals surface area contributed by atoms with Crippen LogP contribution in [0.25, 0.3) is 10.8 Å². The summed E-state index contributed by atoms with van der Waals surface area (Å²) in [7, 11) is 0. The summed E-state index contributed by atoms with van der Waals surface area (Å²) in [4.78, 5) is 24.6. The minimum absolute atomic E-state index is 0.129. The number of rotatable bonds is 2. The minimum atomic E-state index is -0.570. The Morgan fingerprint density at radius 2 is 1.68 bits per heavy atom. The lowest BCUT2D eigenvalue weighted by molar-refractivity contribution is 0.0848. The Kier molecular flexibility index (Phi) is 3.76. The van der Waals surface area contributed by atoms with Crippen LogP contribution in [-0.2, 0) is 0 Å². The smallest absolute Gasteiger partial charge is 0.279 e. The summed E-state index contributed by atoms with van der Waals surface area (Å²) in [6, 6.07) is 13.8. The number of hydrazine groups is 1. The fourth-order valence-corrected chi connectivity index (χ4v) is 2.76. The standard InChI is InChI=1S/C16H12N2O3S/c19-12-8-7-10-4-1-2-5-11(10)14(12)16(21)18-17-15(20)13-6-3-9-22-13/h1-9,19H,(H,17,20)(H,18,21). The van der Waals surface area contributed by atoms with Crippen LogP contribution in [0, 0.1) is 0 Å². The van der Waals surface area contributed by atoms with E-state index in [0.29, 0.717) is 10.3 Å². The molecule has 2 amide bonds. The summed E-state index contributed by atoms with van der Waals surface area (Å²) in [6.07, 6.45) is 0. The first-order valence-corrected chi connectivity index (χ1v) is 7.39. The topological polar surface area (TPSA) is 78.4 Å². The van der Waals surface area contributed by atoms with Crippen molar-refractivity contribution in [2.24, 2.45) is 0 Å². The van der Waals surface area contributed by atoms with E-state index in [1.807, 2.05) is 12.1 Å². The van der Waals surface area contributed by atoms with Gasteiger partial charge < -0.3 is 5.11 Å². The van der Waals surface area contributed by atoms with E-state index in [9.17, 15) is 14.7 Å². The van der Waals surface area contributed by atoms with E-state index in [4.69, 9.17) is 0 Å². The largest absolute Gasteiger partial charge is 0.507 e. The molecule has 1 heterocycles. The van der Waals surface area contributed by atoms with E-state index in [0.717, 1.165) is 5.39 Å². The summed E-state index contributed by atoms with van der Waals surface area (Å²) >= 11 is 1.27. The average Bonchev–Trinajstić information content (AvgIpc) is 3.06. The minimum Gasteiger partial charge on any atom is -0.507 e. The molecule has 2 aromatic carbocycles. The lowest BCUT2D eigenvalue weighted by atomic mass is 10.0. The van der Waals surface area contributed by atoms with E-state index in [-0.39, 0.29) is 11.3 Å². The monoisotopic (exact) mass is 312 g/mol. The normalized spacial score (nSPS) is 10.4. The van der Waals surface area contributed by atoms with E-state index in [1.165, 1.54) is 17.4 Å². The van der Waals surface area contributed by atoms with Crippen LogP contribution < -0.4 is 10.9 Å². The van der Waals surface area contributed by atoms with Crippen molar-refractivity contribution in [3.63, 3.8) is 0 Å². The Balaban J connectivity index is 1.83. The Morgan fingerprint density at radius 1 is 0.909 bits per heavy atom. The van der Waals surface area contributed by atoms with Gasteiger partial charge >= 0.3 is 0 Å². The molecule has 0 saturated carbocycles. The van der Waals surface area contributed by atoms with Gasteiger partial charge in [-0.2, -0.15) is 0 Å². The highest BCUT2D eigenvalue weighted by Crippen LogP contribution is 2.26. The maximum atomic E-state index is 12.3. The fraction of sp³-hybridized carbons (Fsp3) is 0. The highest BCUT2D eigenvalue weighted by Gasteiger charge is 2.16. The van der Waals surface area contributed by atoms with Crippen molar-refractivity contribution in [1.82, 2.24) is 10.9 Å². The third kappa shape index (κ3) is 2.64. The quantitative estimate of drug-likeness (QED) is 0.637. The maximum absolute atomic E-state index is 12.3. The number of phenolic OH excluding ortho intramolecular Hbond substituents is 1. The predicted octanol–water partition coefficient (Wildman–Crippen LogP) is 2.68. The van der Waals surface area contributed by atoms with Crippen molar-refractivity contribution in [2.45, 2.75) is 0 Å². The molecule has 5 nitrogen and oxygen atoms in total. The van der Waals surface area contributed by atoms with Crippen LogP contribution in [0.1, 0.15) is 20.0 Å². The van der Waals surface area contributed by atoms with Crippen LogP contribution in [-0.4, -0.2) is 16.9 Å². The number of amides is 2. The molecule has 0 fully saturated rings. The molecule has 3 N–H and O–H groups in total. The zero-order valence-corrected chi connectivity index (χ0v) is 12.2. The van der Waals surface area contributed by atoms with Gasteiger partial charge in [-0.1, -0.05) is 36.4 Å². The zero-order chi connectivity index (χ0) is 15.5. The van der Waals surface area contributed by atoms with Gasteiger partial charge in [0.2, 0.25) is 0 Å². The molecule has 0 saturated heterocycles. The molecular weight excluding hydrogens is 300 g/mol. The molecule has 3 rings (SSSR count). The van der Waals surface area contributed by atoms with E-state index >= 15 is 0 Å². The van der Waals surface area contributed by atoms with Gasteiger partial charge in [0, 0.05) is 0 Å². The number of hydrogen-bond acceptors (Lipinski definition) is 4. The van der Waals surface area contributed by atoms with Crippen LogP contribution in [0.4, 0.5) is 0 Å². The number of benzene rings is 2.